The monoisotopic (exact) mass is 281 g/mol. The predicted octanol–water partition coefficient (Wildman–Crippen LogP) is 3.81. The van der Waals surface area contributed by atoms with Crippen LogP contribution in [0.3, 0.4) is 0 Å². The van der Waals surface area contributed by atoms with Crippen LogP contribution in [0, 0.1) is 5.82 Å². The molecule has 0 amide bonds. The Hall–Kier alpha value is -0.120. The molecule has 0 aliphatic heterocycles. The molecule has 0 aliphatic rings. The molecule has 0 unspecified atom stereocenters. The van der Waals surface area contributed by atoms with Crippen LogP contribution in [0.15, 0.2) is 22.7 Å². The summed E-state index contributed by atoms with van der Waals surface area (Å²) in [5.41, 5.74) is 6.71. The van der Waals surface area contributed by atoms with Crippen LogP contribution in [0.1, 0.15) is 31.4 Å². The molecule has 0 aromatic heterocycles. The summed E-state index contributed by atoms with van der Waals surface area (Å²) in [6, 6.07) is 4.99. The van der Waals surface area contributed by atoms with Crippen LogP contribution in [-0.2, 0) is 0 Å². The Kier molecular flexibility index (Phi) is 6.33. The summed E-state index contributed by atoms with van der Waals surface area (Å²) >= 11 is 3.10. The lowest BCUT2D eigenvalue weighted by atomic mass is 10.0. The van der Waals surface area contributed by atoms with Gasteiger partial charge in [0.1, 0.15) is 5.82 Å². The molecule has 0 heterocycles. The molecule has 0 saturated carbocycles. The van der Waals surface area contributed by atoms with E-state index in [0.717, 1.165) is 18.4 Å². The zero-order valence-corrected chi connectivity index (χ0v) is 10.4. The molecule has 1 nitrogen and oxygen atoms in total. The first-order valence-corrected chi connectivity index (χ1v) is 5.15. The van der Waals surface area contributed by atoms with Gasteiger partial charge in [0.2, 0.25) is 0 Å². The van der Waals surface area contributed by atoms with Gasteiger partial charge in [0.25, 0.3) is 0 Å². The summed E-state index contributed by atoms with van der Waals surface area (Å²) in [6.07, 6.45) is 1.90. The van der Waals surface area contributed by atoms with Gasteiger partial charge in [-0.15, -0.1) is 12.4 Å². The molecule has 0 spiro atoms. The largest absolute Gasteiger partial charge is 0.324 e. The van der Waals surface area contributed by atoms with Crippen molar-refractivity contribution in [3.05, 3.63) is 34.1 Å². The van der Waals surface area contributed by atoms with Gasteiger partial charge in [-0.25, -0.2) is 4.39 Å². The molecule has 80 valence electrons. The van der Waals surface area contributed by atoms with Gasteiger partial charge >= 0.3 is 0 Å². The topological polar surface area (TPSA) is 26.0 Å². The van der Waals surface area contributed by atoms with Crippen molar-refractivity contribution in [1.82, 2.24) is 0 Å². The highest BCUT2D eigenvalue weighted by Gasteiger charge is 2.07. The highest BCUT2D eigenvalue weighted by molar-refractivity contribution is 9.10. The first-order valence-electron chi connectivity index (χ1n) is 4.35. The summed E-state index contributed by atoms with van der Waals surface area (Å²) in [4.78, 5) is 0. The lowest BCUT2D eigenvalue weighted by Crippen LogP contribution is -2.09. The molecule has 4 heteroatoms. The predicted molar refractivity (Wildman–Crippen MR) is 63.2 cm³/mol. The molecule has 0 saturated heterocycles. The molecule has 14 heavy (non-hydrogen) atoms. The standard InChI is InChI=1S/C10H13BrFN.ClH/c1-2-3-10(13)7-4-5-8(11)9(12)6-7;/h4-6,10H,2-3,13H2,1H3;1H/t10-;/m1./s1. The summed E-state index contributed by atoms with van der Waals surface area (Å²) in [5, 5.41) is 0. The Morgan fingerprint density at radius 3 is 2.64 bits per heavy atom. The van der Waals surface area contributed by atoms with E-state index < -0.39 is 0 Å². The number of hydrogen-bond acceptors (Lipinski definition) is 1. The third-order valence-electron chi connectivity index (χ3n) is 1.97. The maximum Gasteiger partial charge on any atom is 0.137 e. The van der Waals surface area contributed by atoms with Crippen LogP contribution in [0.4, 0.5) is 4.39 Å². The van der Waals surface area contributed by atoms with E-state index in [9.17, 15) is 4.39 Å². The molecular weight excluding hydrogens is 268 g/mol. The van der Waals surface area contributed by atoms with E-state index >= 15 is 0 Å². The molecule has 0 fully saturated rings. The van der Waals surface area contributed by atoms with Gasteiger partial charge in [0, 0.05) is 6.04 Å². The Balaban J connectivity index is 0.00000169. The summed E-state index contributed by atoms with van der Waals surface area (Å²) in [6.45, 7) is 2.06. The summed E-state index contributed by atoms with van der Waals surface area (Å²) in [7, 11) is 0. The van der Waals surface area contributed by atoms with Crippen molar-refractivity contribution in [2.75, 3.05) is 0 Å². The van der Waals surface area contributed by atoms with Crippen molar-refractivity contribution in [1.29, 1.82) is 0 Å². The number of halogens is 3. The maximum absolute atomic E-state index is 13.1. The fourth-order valence-electron chi connectivity index (χ4n) is 1.22. The second-order valence-electron chi connectivity index (χ2n) is 3.07. The summed E-state index contributed by atoms with van der Waals surface area (Å²) in [5.74, 6) is -0.246. The van der Waals surface area contributed by atoms with Crippen LogP contribution in [0.25, 0.3) is 0 Å². The van der Waals surface area contributed by atoms with E-state index in [4.69, 9.17) is 5.73 Å². The van der Waals surface area contributed by atoms with Gasteiger partial charge < -0.3 is 5.73 Å². The van der Waals surface area contributed by atoms with Gasteiger partial charge in [-0.2, -0.15) is 0 Å². The Morgan fingerprint density at radius 2 is 2.14 bits per heavy atom. The van der Waals surface area contributed by atoms with E-state index in [0.29, 0.717) is 4.47 Å². The van der Waals surface area contributed by atoms with Crippen LogP contribution < -0.4 is 5.73 Å². The Bertz CT molecular complexity index is 293. The third kappa shape index (κ3) is 3.56. The minimum atomic E-state index is -0.246. The smallest absolute Gasteiger partial charge is 0.137 e. The highest BCUT2D eigenvalue weighted by atomic mass is 79.9. The number of benzene rings is 1. The molecule has 0 bridgehead atoms. The van der Waals surface area contributed by atoms with Gasteiger partial charge in [-0.05, 0) is 40.0 Å². The summed E-state index contributed by atoms with van der Waals surface area (Å²) < 4.78 is 13.6. The van der Waals surface area contributed by atoms with E-state index in [1.807, 2.05) is 6.07 Å². The first-order chi connectivity index (χ1) is 6.15. The molecule has 1 atom stereocenters. The average molecular weight is 283 g/mol. The van der Waals surface area contributed by atoms with E-state index in [-0.39, 0.29) is 24.3 Å². The van der Waals surface area contributed by atoms with Crippen LogP contribution >= 0.6 is 28.3 Å². The van der Waals surface area contributed by atoms with Gasteiger partial charge in [0.05, 0.1) is 4.47 Å². The van der Waals surface area contributed by atoms with Crippen molar-refractivity contribution in [2.45, 2.75) is 25.8 Å². The van der Waals surface area contributed by atoms with Crippen molar-refractivity contribution in [3.8, 4) is 0 Å². The quantitative estimate of drug-likeness (QED) is 0.896. The molecule has 0 radical (unpaired) electrons. The SMILES string of the molecule is CCC[C@@H](N)c1ccc(Br)c(F)c1.Cl. The number of rotatable bonds is 3. The van der Waals surface area contributed by atoms with E-state index in [1.165, 1.54) is 6.07 Å². The fraction of sp³-hybridized carbons (Fsp3) is 0.400. The van der Waals surface area contributed by atoms with Crippen LogP contribution in [-0.4, -0.2) is 0 Å². The molecule has 1 aromatic carbocycles. The highest BCUT2D eigenvalue weighted by Crippen LogP contribution is 2.21. The van der Waals surface area contributed by atoms with Crippen LogP contribution in [0.2, 0.25) is 0 Å². The zero-order valence-electron chi connectivity index (χ0n) is 7.97. The van der Waals surface area contributed by atoms with Crippen molar-refractivity contribution in [3.63, 3.8) is 0 Å². The molecule has 0 aliphatic carbocycles. The fourth-order valence-corrected chi connectivity index (χ4v) is 1.47. The zero-order chi connectivity index (χ0) is 9.84. The number of hydrogen-bond donors (Lipinski definition) is 1. The lowest BCUT2D eigenvalue weighted by Gasteiger charge is -2.10. The third-order valence-corrected chi connectivity index (χ3v) is 2.61. The lowest BCUT2D eigenvalue weighted by molar-refractivity contribution is 0.600. The number of nitrogens with two attached hydrogens (primary N) is 1. The van der Waals surface area contributed by atoms with Crippen LogP contribution in [0.5, 0.6) is 0 Å². The molecule has 1 rings (SSSR count). The van der Waals surface area contributed by atoms with E-state index in [2.05, 4.69) is 22.9 Å². The van der Waals surface area contributed by atoms with Gasteiger partial charge in [0.15, 0.2) is 0 Å². The van der Waals surface area contributed by atoms with Crippen molar-refractivity contribution < 1.29 is 4.39 Å². The second kappa shape index (κ2) is 6.38. The normalized spacial score (nSPS) is 12.0. The van der Waals surface area contributed by atoms with Crippen molar-refractivity contribution >= 4 is 28.3 Å². The maximum atomic E-state index is 13.1. The van der Waals surface area contributed by atoms with Gasteiger partial charge in [-0.1, -0.05) is 19.4 Å². The Morgan fingerprint density at radius 1 is 1.50 bits per heavy atom. The van der Waals surface area contributed by atoms with Gasteiger partial charge in [-0.3, -0.25) is 0 Å². The Labute approximate surface area is 98.4 Å². The molecule has 2 N–H and O–H groups in total. The van der Waals surface area contributed by atoms with E-state index in [1.54, 1.807) is 6.07 Å². The molecule has 1 aromatic rings. The molecular formula is C10H14BrClFN. The first kappa shape index (κ1) is 13.9. The van der Waals surface area contributed by atoms with Crippen molar-refractivity contribution in [2.24, 2.45) is 5.73 Å². The second-order valence-corrected chi connectivity index (χ2v) is 3.92. The average Bonchev–Trinajstić information content (AvgIpc) is 2.10. The minimum Gasteiger partial charge on any atom is -0.324 e. The minimum absolute atomic E-state index is 0.